The fourth-order valence-corrected chi connectivity index (χ4v) is 4.99. The number of amides is 1. The van der Waals surface area contributed by atoms with Crippen LogP contribution in [-0.4, -0.2) is 64.4 Å². The minimum Gasteiger partial charge on any atom is -0.444 e. The third-order valence-corrected chi connectivity index (χ3v) is 6.85. The second-order valence-electron chi connectivity index (χ2n) is 10.7. The van der Waals surface area contributed by atoms with Gasteiger partial charge in [0.25, 0.3) is 0 Å². The molecule has 2 saturated heterocycles. The monoisotopic (exact) mass is 479 g/mol. The molecule has 0 aliphatic carbocycles. The number of halogens is 1. The molecule has 2 aliphatic heterocycles. The highest BCUT2D eigenvalue weighted by molar-refractivity contribution is 6.03. The molecule has 3 aromatic rings. The van der Waals surface area contributed by atoms with Crippen molar-refractivity contribution in [3.05, 3.63) is 48.5 Å². The Balaban J connectivity index is 1.54. The lowest BCUT2D eigenvalue weighted by Crippen LogP contribution is -2.59. The Labute approximate surface area is 206 Å². The van der Waals surface area contributed by atoms with Crippen molar-refractivity contribution in [3.63, 3.8) is 0 Å². The summed E-state index contributed by atoms with van der Waals surface area (Å²) in [6.07, 6.45) is 4.81. The normalized spacial score (nSPS) is 20.8. The molecule has 0 saturated carbocycles. The van der Waals surface area contributed by atoms with Crippen molar-refractivity contribution in [2.24, 2.45) is 0 Å². The van der Waals surface area contributed by atoms with Gasteiger partial charge in [0, 0.05) is 56.3 Å². The minimum absolute atomic E-state index is 0.0316. The molecule has 1 amide bonds. The van der Waals surface area contributed by atoms with Gasteiger partial charge in [-0.15, -0.1) is 0 Å². The van der Waals surface area contributed by atoms with E-state index in [2.05, 4.69) is 34.4 Å². The fourth-order valence-electron chi connectivity index (χ4n) is 4.99. The third kappa shape index (κ3) is 4.42. The molecule has 4 heterocycles. The highest BCUT2D eigenvalue weighted by Crippen LogP contribution is 2.40. The molecular formula is C27H34FN5O2. The third-order valence-electron chi connectivity index (χ3n) is 6.85. The second-order valence-corrected chi connectivity index (χ2v) is 10.7. The number of nitrogens with zero attached hydrogens (tertiary/aromatic N) is 5. The molecule has 1 aromatic carbocycles. The van der Waals surface area contributed by atoms with E-state index in [0.717, 1.165) is 47.6 Å². The largest absolute Gasteiger partial charge is 0.444 e. The summed E-state index contributed by atoms with van der Waals surface area (Å²) in [6, 6.07) is 8.71. The van der Waals surface area contributed by atoms with Crippen molar-refractivity contribution >= 4 is 28.5 Å². The summed E-state index contributed by atoms with van der Waals surface area (Å²) < 4.78 is 21.8. The van der Waals surface area contributed by atoms with Gasteiger partial charge in [-0.05, 0) is 65.3 Å². The SMILES string of the molecule is C[C@@H]1CN(c2nccc3c2c(N2CCC2)cn3-c2cccc(F)c2)[C@@H](C)CN1C(=O)OC(C)(C)C. The van der Waals surface area contributed by atoms with Crippen LogP contribution in [0.2, 0.25) is 0 Å². The molecule has 7 nitrogen and oxygen atoms in total. The number of pyridine rings is 1. The summed E-state index contributed by atoms with van der Waals surface area (Å²) in [5.41, 5.74) is 2.37. The molecule has 0 spiro atoms. The van der Waals surface area contributed by atoms with Crippen LogP contribution in [-0.2, 0) is 4.74 Å². The summed E-state index contributed by atoms with van der Waals surface area (Å²) in [6.45, 7) is 13.0. The number of fused-ring (bicyclic) bond motifs is 1. The predicted molar refractivity (Wildman–Crippen MR) is 137 cm³/mol. The molecule has 5 rings (SSSR count). The van der Waals surface area contributed by atoms with Crippen LogP contribution in [0.25, 0.3) is 16.6 Å². The van der Waals surface area contributed by atoms with Crippen molar-refractivity contribution in [2.75, 3.05) is 36.0 Å². The standard InChI is InChI=1S/C27H34FN5O2/c1-18-16-32(26(34)35-27(3,4)5)19(2)15-31(18)25-24-22(10-11-29-25)33(17-23(24)30-12-7-13-30)21-9-6-8-20(28)14-21/h6,8-11,14,17-19H,7,12-13,15-16H2,1-5H3/t18-,19+/m0/s1. The molecule has 8 heteroatoms. The maximum Gasteiger partial charge on any atom is 0.410 e. The lowest BCUT2D eigenvalue weighted by atomic mass is 10.1. The van der Waals surface area contributed by atoms with Crippen LogP contribution in [0.5, 0.6) is 0 Å². The zero-order valence-corrected chi connectivity index (χ0v) is 21.2. The first-order valence-corrected chi connectivity index (χ1v) is 12.4. The zero-order valence-electron chi connectivity index (χ0n) is 21.2. The summed E-state index contributed by atoms with van der Waals surface area (Å²) in [4.78, 5) is 24.2. The van der Waals surface area contributed by atoms with Crippen LogP contribution >= 0.6 is 0 Å². The van der Waals surface area contributed by atoms with Crippen molar-refractivity contribution in [3.8, 4) is 5.69 Å². The lowest BCUT2D eigenvalue weighted by molar-refractivity contribution is 0.0130. The number of hydrogen-bond acceptors (Lipinski definition) is 5. The molecule has 2 aromatic heterocycles. The van der Waals surface area contributed by atoms with Gasteiger partial charge in [0.05, 0.1) is 16.6 Å². The van der Waals surface area contributed by atoms with E-state index in [1.54, 1.807) is 12.1 Å². The van der Waals surface area contributed by atoms with Gasteiger partial charge in [0.1, 0.15) is 17.2 Å². The first-order valence-electron chi connectivity index (χ1n) is 12.4. The van der Waals surface area contributed by atoms with Gasteiger partial charge in [-0.2, -0.15) is 0 Å². The molecule has 0 N–H and O–H groups in total. The molecule has 0 unspecified atom stereocenters. The molecule has 2 atom stereocenters. The number of carbonyl (C=O) groups excluding carboxylic acids is 1. The van der Waals surface area contributed by atoms with E-state index in [1.807, 2.05) is 44.0 Å². The molecule has 0 bridgehead atoms. The Morgan fingerprint density at radius 2 is 1.89 bits per heavy atom. The summed E-state index contributed by atoms with van der Waals surface area (Å²) in [5.74, 6) is 0.646. The van der Waals surface area contributed by atoms with E-state index in [4.69, 9.17) is 9.72 Å². The topological polar surface area (TPSA) is 53.8 Å². The number of piperazine rings is 1. The smallest absolute Gasteiger partial charge is 0.410 e. The number of rotatable bonds is 3. The molecule has 2 aliphatic rings. The van der Waals surface area contributed by atoms with Crippen molar-refractivity contribution < 1.29 is 13.9 Å². The number of hydrogen-bond donors (Lipinski definition) is 0. The Morgan fingerprint density at radius 3 is 2.54 bits per heavy atom. The zero-order chi connectivity index (χ0) is 24.9. The van der Waals surface area contributed by atoms with Crippen LogP contribution in [0.4, 0.5) is 20.7 Å². The van der Waals surface area contributed by atoms with E-state index in [1.165, 1.54) is 6.07 Å². The van der Waals surface area contributed by atoms with Gasteiger partial charge >= 0.3 is 6.09 Å². The highest BCUT2D eigenvalue weighted by atomic mass is 19.1. The second kappa shape index (κ2) is 8.73. The van der Waals surface area contributed by atoms with Crippen LogP contribution in [0.3, 0.4) is 0 Å². The Kier molecular flexibility index (Phi) is 5.85. The maximum atomic E-state index is 14.1. The number of aromatic nitrogens is 2. The molecule has 186 valence electrons. The minimum atomic E-state index is -0.531. The Hall–Kier alpha value is -3.29. The summed E-state index contributed by atoms with van der Waals surface area (Å²) in [5, 5.41) is 1.07. The number of anilines is 2. The summed E-state index contributed by atoms with van der Waals surface area (Å²) in [7, 11) is 0. The average molecular weight is 480 g/mol. The first kappa shape index (κ1) is 23.5. The molecule has 35 heavy (non-hydrogen) atoms. The van der Waals surface area contributed by atoms with Gasteiger partial charge < -0.3 is 24.0 Å². The van der Waals surface area contributed by atoms with E-state index in [9.17, 15) is 9.18 Å². The van der Waals surface area contributed by atoms with Gasteiger partial charge in [0.15, 0.2) is 0 Å². The van der Waals surface area contributed by atoms with Crippen LogP contribution in [0.15, 0.2) is 42.7 Å². The van der Waals surface area contributed by atoms with Gasteiger partial charge in [-0.25, -0.2) is 14.2 Å². The molecule has 0 radical (unpaired) electrons. The molecular weight excluding hydrogens is 445 g/mol. The van der Waals surface area contributed by atoms with E-state index < -0.39 is 5.60 Å². The molecule has 2 fully saturated rings. The van der Waals surface area contributed by atoms with Crippen LogP contribution in [0.1, 0.15) is 41.0 Å². The van der Waals surface area contributed by atoms with Crippen molar-refractivity contribution in [1.29, 1.82) is 0 Å². The van der Waals surface area contributed by atoms with Crippen LogP contribution < -0.4 is 9.80 Å². The highest BCUT2D eigenvalue weighted by Gasteiger charge is 2.36. The first-order chi connectivity index (χ1) is 16.6. The number of benzene rings is 1. The summed E-state index contributed by atoms with van der Waals surface area (Å²) >= 11 is 0. The predicted octanol–water partition coefficient (Wildman–Crippen LogP) is 5.21. The van der Waals surface area contributed by atoms with Crippen molar-refractivity contribution in [2.45, 2.75) is 58.7 Å². The Morgan fingerprint density at radius 1 is 1.11 bits per heavy atom. The van der Waals surface area contributed by atoms with Gasteiger partial charge in [-0.3, -0.25) is 0 Å². The van der Waals surface area contributed by atoms with E-state index in [0.29, 0.717) is 13.1 Å². The van der Waals surface area contributed by atoms with E-state index in [-0.39, 0.29) is 24.0 Å². The lowest BCUT2D eigenvalue weighted by Gasteiger charge is -2.45. The quantitative estimate of drug-likeness (QED) is 0.516. The van der Waals surface area contributed by atoms with Gasteiger partial charge in [0.2, 0.25) is 0 Å². The fraction of sp³-hybridized carbons (Fsp3) is 0.481. The average Bonchev–Trinajstić information content (AvgIpc) is 3.12. The maximum absolute atomic E-state index is 14.1. The van der Waals surface area contributed by atoms with Gasteiger partial charge in [-0.1, -0.05) is 6.07 Å². The number of carbonyl (C=O) groups is 1. The van der Waals surface area contributed by atoms with Crippen LogP contribution in [0, 0.1) is 5.82 Å². The Bertz CT molecular complexity index is 1250. The van der Waals surface area contributed by atoms with Crippen molar-refractivity contribution in [1.82, 2.24) is 14.5 Å². The van der Waals surface area contributed by atoms with E-state index >= 15 is 0 Å². The number of ether oxygens (including phenoxy) is 1.